The SMILES string of the molecule is Cc1ccc(C2(C)OCC(C)S2)cc1. The van der Waals surface area contributed by atoms with Crippen LogP contribution in [0.1, 0.15) is 25.0 Å². The van der Waals surface area contributed by atoms with Gasteiger partial charge in [-0.25, -0.2) is 0 Å². The summed E-state index contributed by atoms with van der Waals surface area (Å²) in [4.78, 5) is -0.132. The summed E-state index contributed by atoms with van der Waals surface area (Å²) in [5.41, 5.74) is 2.57. The first-order chi connectivity index (χ1) is 6.60. The van der Waals surface area contributed by atoms with E-state index in [1.807, 2.05) is 11.8 Å². The van der Waals surface area contributed by atoms with Gasteiger partial charge in [-0.1, -0.05) is 36.8 Å². The van der Waals surface area contributed by atoms with E-state index in [-0.39, 0.29) is 4.93 Å². The van der Waals surface area contributed by atoms with E-state index < -0.39 is 0 Å². The van der Waals surface area contributed by atoms with E-state index in [0.717, 1.165) is 6.61 Å². The molecule has 2 heteroatoms. The summed E-state index contributed by atoms with van der Waals surface area (Å²) in [5, 5.41) is 0.598. The second-order valence-electron chi connectivity index (χ2n) is 4.05. The van der Waals surface area contributed by atoms with Gasteiger partial charge < -0.3 is 4.74 Å². The van der Waals surface area contributed by atoms with Gasteiger partial charge in [-0.2, -0.15) is 0 Å². The van der Waals surface area contributed by atoms with Gasteiger partial charge in [-0.3, -0.25) is 0 Å². The van der Waals surface area contributed by atoms with Crippen LogP contribution in [0.2, 0.25) is 0 Å². The van der Waals surface area contributed by atoms with Crippen LogP contribution in [0.3, 0.4) is 0 Å². The van der Waals surface area contributed by atoms with Crippen LogP contribution in [0.25, 0.3) is 0 Å². The topological polar surface area (TPSA) is 9.23 Å². The van der Waals surface area contributed by atoms with Crippen molar-refractivity contribution < 1.29 is 4.74 Å². The molecule has 1 aliphatic heterocycles. The molecule has 76 valence electrons. The van der Waals surface area contributed by atoms with E-state index >= 15 is 0 Å². The van der Waals surface area contributed by atoms with Crippen LogP contribution in [-0.2, 0) is 9.67 Å². The van der Waals surface area contributed by atoms with Crippen molar-refractivity contribution in [3.8, 4) is 0 Å². The first kappa shape index (κ1) is 10.1. The molecule has 2 rings (SSSR count). The lowest BCUT2D eigenvalue weighted by atomic mass is 10.1. The van der Waals surface area contributed by atoms with Gasteiger partial charge in [-0.15, -0.1) is 11.8 Å². The second kappa shape index (κ2) is 3.59. The highest BCUT2D eigenvalue weighted by molar-refractivity contribution is 8.00. The Morgan fingerprint density at radius 1 is 1.36 bits per heavy atom. The Kier molecular flexibility index (Phi) is 2.58. The molecule has 0 bridgehead atoms. The third-order valence-electron chi connectivity index (χ3n) is 2.60. The molecule has 1 nitrogen and oxygen atoms in total. The van der Waals surface area contributed by atoms with E-state index in [1.54, 1.807) is 0 Å². The first-order valence-corrected chi connectivity index (χ1v) is 5.87. The smallest absolute Gasteiger partial charge is 0.136 e. The molecular formula is C12H16OS. The average molecular weight is 208 g/mol. The van der Waals surface area contributed by atoms with Gasteiger partial charge in [0.25, 0.3) is 0 Å². The Labute approximate surface area is 89.9 Å². The van der Waals surface area contributed by atoms with Crippen molar-refractivity contribution in [3.63, 3.8) is 0 Å². The number of hydrogen-bond acceptors (Lipinski definition) is 2. The zero-order chi connectivity index (χ0) is 10.2. The number of hydrogen-bond donors (Lipinski definition) is 0. The van der Waals surface area contributed by atoms with Gasteiger partial charge in [-0.05, 0) is 19.4 Å². The molecule has 0 amide bonds. The van der Waals surface area contributed by atoms with E-state index in [0.29, 0.717) is 5.25 Å². The highest BCUT2D eigenvalue weighted by atomic mass is 32.2. The molecule has 0 N–H and O–H groups in total. The van der Waals surface area contributed by atoms with E-state index in [2.05, 4.69) is 45.0 Å². The van der Waals surface area contributed by atoms with Gasteiger partial charge in [0, 0.05) is 5.25 Å². The third-order valence-corrected chi connectivity index (χ3v) is 3.94. The maximum atomic E-state index is 5.84. The second-order valence-corrected chi connectivity index (χ2v) is 5.87. The van der Waals surface area contributed by atoms with Crippen LogP contribution in [0.5, 0.6) is 0 Å². The van der Waals surface area contributed by atoms with Gasteiger partial charge in [0.15, 0.2) is 0 Å². The first-order valence-electron chi connectivity index (χ1n) is 4.99. The molecule has 1 aromatic carbocycles. The molecule has 14 heavy (non-hydrogen) atoms. The van der Waals surface area contributed by atoms with Crippen molar-refractivity contribution in [3.05, 3.63) is 35.4 Å². The molecule has 0 aliphatic carbocycles. The van der Waals surface area contributed by atoms with Crippen LogP contribution in [-0.4, -0.2) is 11.9 Å². The number of ether oxygens (including phenoxy) is 1. The molecule has 0 spiro atoms. The molecule has 0 aromatic heterocycles. The number of aryl methyl sites for hydroxylation is 1. The van der Waals surface area contributed by atoms with Crippen LogP contribution >= 0.6 is 11.8 Å². The fourth-order valence-electron chi connectivity index (χ4n) is 1.74. The Morgan fingerprint density at radius 2 is 2.00 bits per heavy atom. The predicted octanol–water partition coefficient (Wildman–Crippen LogP) is 3.32. The molecule has 1 saturated heterocycles. The molecule has 2 unspecified atom stereocenters. The summed E-state index contributed by atoms with van der Waals surface area (Å²) in [6, 6.07) is 8.63. The summed E-state index contributed by atoms with van der Waals surface area (Å²) in [6.45, 7) is 7.34. The maximum Gasteiger partial charge on any atom is 0.136 e. The minimum atomic E-state index is -0.132. The predicted molar refractivity (Wildman–Crippen MR) is 61.5 cm³/mol. The Morgan fingerprint density at radius 3 is 2.50 bits per heavy atom. The monoisotopic (exact) mass is 208 g/mol. The zero-order valence-electron chi connectivity index (χ0n) is 8.91. The lowest BCUT2D eigenvalue weighted by molar-refractivity contribution is 0.0587. The van der Waals surface area contributed by atoms with Crippen molar-refractivity contribution in [2.24, 2.45) is 0 Å². The summed E-state index contributed by atoms with van der Waals surface area (Å²) in [5.74, 6) is 0. The van der Waals surface area contributed by atoms with Crippen molar-refractivity contribution in [1.29, 1.82) is 0 Å². The molecule has 1 aromatic rings. The molecule has 1 heterocycles. The molecule has 0 saturated carbocycles. The highest BCUT2D eigenvalue weighted by Gasteiger charge is 2.36. The molecule has 0 radical (unpaired) electrons. The summed E-state index contributed by atoms with van der Waals surface area (Å²) in [6.07, 6.45) is 0. The minimum absolute atomic E-state index is 0.132. The quantitative estimate of drug-likeness (QED) is 0.700. The summed E-state index contributed by atoms with van der Waals surface area (Å²) >= 11 is 1.90. The molecule has 1 fully saturated rings. The Hall–Kier alpha value is -0.470. The maximum absolute atomic E-state index is 5.84. The average Bonchev–Trinajstić information content (AvgIpc) is 2.48. The zero-order valence-corrected chi connectivity index (χ0v) is 9.73. The lowest BCUT2D eigenvalue weighted by Crippen LogP contribution is -2.15. The highest BCUT2D eigenvalue weighted by Crippen LogP contribution is 2.45. The fourth-order valence-corrected chi connectivity index (χ4v) is 3.05. The van der Waals surface area contributed by atoms with E-state index in [1.165, 1.54) is 11.1 Å². The van der Waals surface area contributed by atoms with Crippen LogP contribution in [0, 0.1) is 6.92 Å². The third kappa shape index (κ3) is 1.82. The largest absolute Gasteiger partial charge is 0.359 e. The number of rotatable bonds is 1. The van der Waals surface area contributed by atoms with Gasteiger partial charge in [0.05, 0.1) is 6.61 Å². The fraction of sp³-hybridized carbons (Fsp3) is 0.500. The molecule has 2 atom stereocenters. The molecular weight excluding hydrogens is 192 g/mol. The van der Waals surface area contributed by atoms with Crippen molar-refractivity contribution in [2.45, 2.75) is 31.0 Å². The molecule has 1 aliphatic rings. The standard InChI is InChI=1S/C12H16OS/c1-9-4-6-11(7-5-9)12(3)13-8-10(2)14-12/h4-7,10H,8H2,1-3H3. The van der Waals surface area contributed by atoms with Gasteiger partial charge in [0.1, 0.15) is 4.93 Å². The van der Waals surface area contributed by atoms with Crippen LogP contribution in [0.15, 0.2) is 24.3 Å². The Balaban J connectivity index is 2.26. The minimum Gasteiger partial charge on any atom is -0.359 e. The van der Waals surface area contributed by atoms with E-state index in [4.69, 9.17) is 4.74 Å². The Bertz CT molecular complexity index is 320. The van der Waals surface area contributed by atoms with Gasteiger partial charge >= 0.3 is 0 Å². The van der Waals surface area contributed by atoms with Crippen molar-refractivity contribution >= 4 is 11.8 Å². The lowest BCUT2D eigenvalue weighted by Gasteiger charge is -2.23. The van der Waals surface area contributed by atoms with Crippen molar-refractivity contribution in [1.82, 2.24) is 0 Å². The van der Waals surface area contributed by atoms with Crippen LogP contribution < -0.4 is 0 Å². The van der Waals surface area contributed by atoms with E-state index in [9.17, 15) is 0 Å². The number of thioether (sulfide) groups is 1. The summed E-state index contributed by atoms with van der Waals surface area (Å²) in [7, 11) is 0. The number of benzene rings is 1. The van der Waals surface area contributed by atoms with Crippen LogP contribution in [0.4, 0.5) is 0 Å². The van der Waals surface area contributed by atoms with Crippen molar-refractivity contribution in [2.75, 3.05) is 6.61 Å². The van der Waals surface area contributed by atoms with Gasteiger partial charge in [0.2, 0.25) is 0 Å². The summed E-state index contributed by atoms with van der Waals surface area (Å²) < 4.78 is 5.84. The normalized spacial score (nSPS) is 32.1.